The van der Waals surface area contributed by atoms with Gasteiger partial charge in [-0.1, -0.05) is 6.07 Å². The second-order valence-electron chi connectivity index (χ2n) is 8.13. The highest BCUT2D eigenvalue weighted by Crippen LogP contribution is 2.43. The number of rotatable bonds is 6. The molecule has 8 heteroatoms. The number of benzene rings is 2. The van der Waals surface area contributed by atoms with E-state index in [9.17, 15) is 9.90 Å². The Morgan fingerprint density at radius 1 is 1.18 bits per heavy atom. The molecule has 1 unspecified atom stereocenters. The second-order valence-corrected chi connectivity index (χ2v) is 8.13. The van der Waals surface area contributed by atoms with Gasteiger partial charge in [0.2, 0.25) is 6.79 Å². The monoisotopic (exact) mass is 447 g/mol. The van der Waals surface area contributed by atoms with E-state index in [-0.39, 0.29) is 30.5 Å². The lowest BCUT2D eigenvalue weighted by molar-refractivity contribution is 0.0936. The van der Waals surface area contributed by atoms with Crippen molar-refractivity contribution >= 4 is 5.91 Å². The molecule has 1 aromatic heterocycles. The minimum atomic E-state index is -0.221. The summed E-state index contributed by atoms with van der Waals surface area (Å²) in [6.07, 6.45) is 4.28. The number of phenols is 1. The molecule has 0 bridgehead atoms. The number of hydrogen-bond donors (Lipinski definition) is 2. The minimum absolute atomic E-state index is 0.0239. The minimum Gasteiger partial charge on any atom is -0.507 e. The van der Waals surface area contributed by atoms with E-state index in [1.54, 1.807) is 43.8 Å². The van der Waals surface area contributed by atoms with Gasteiger partial charge in [0, 0.05) is 48.7 Å². The predicted molar refractivity (Wildman–Crippen MR) is 121 cm³/mol. The number of amides is 1. The fourth-order valence-electron chi connectivity index (χ4n) is 4.47. The summed E-state index contributed by atoms with van der Waals surface area (Å²) in [6, 6.07) is 14.2. The van der Waals surface area contributed by atoms with Crippen LogP contribution >= 0.6 is 0 Å². The number of phenolic OH excluding ortho intramolecular Hbond substituents is 1. The van der Waals surface area contributed by atoms with Crippen molar-refractivity contribution in [2.24, 2.45) is 0 Å². The summed E-state index contributed by atoms with van der Waals surface area (Å²) in [5.74, 6) is 1.81. The highest BCUT2D eigenvalue weighted by molar-refractivity contribution is 5.94. The van der Waals surface area contributed by atoms with Gasteiger partial charge in [-0.15, -0.1) is 0 Å². The van der Waals surface area contributed by atoms with Crippen LogP contribution in [0.1, 0.15) is 33.9 Å². The number of nitrogens with zero attached hydrogens (tertiary/aromatic N) is 2. The van der Waals surface area contributed by atoms with Crippen LogP contribution in [-0.4, -0.2) is 53.9 Å². The maximum atomic E-state index is 12.8. The summed E-state index contributed by atoms with van der Waals surface area (Å²) < 4.78 is 16.2. The first kappa shape index (κ1) is 21.1. The van der Waals surface area contributed by atoms with Crippen molar-refractivity contribution in [3.8, 4) is 23.0 Å². The molecule has 0 radical (unpaired) electrons. The molecule has 2 N–H and O–H groups in total. The number of methoxy groups -OCH3 is 1. The molecule has 2 atom stereocenters. The standard InChI is InChI=1S/C25H25N3O5/c1-31-19-4-2-3-17(11-19)25(30)27-18-7-10-28(14-18)24(16-5-8-26-9-6-16)20-12-22-23(13-21(20)29)33-15-32-22/h2-6,8-9,11-13,18,24,29H,7,10,14-15H2,1H3,(H,27,30)/t18-,24?/m1/s1. The van der Waals surface area contributed by atoms with Crippen LogP contribution in [0.25, 0.3) is 0 Å². The summed E-state index contributed by atoms with van der Waals surface area (Å²) in [6.45, 7) is 1.53. The van der Waals surface area contributed by atoms with Crippen molar-refractivity contribution < 1.29 is 24.1 Å². The third kappa shape index (κ3) is 4.29. The Morgan fingerprint density at radius 2 is 1.97 bits per heavy atom. The number of pyridine rings is 1. The fourth-order valence-corrected chi connectivity index (χ4v) is 4.47. The van der Waals surface area contributed by atoms with E-state index in [1.807, 2.05) is 24.3 Å². The molecule has 0 spiro atoms. The molecular weight excluding hydrogens is 422 g/mol. The van der Waals surface area contributed by atoms with Gasteiger partial charge < -0.3 is 24.6 Å². The SMILES string of the molecule is COc1cccc(C(=O)N[C@@H]2CCN(C(c3ccncc3)c3cc4c(cc3O)OCO4)C2)c1. The van der Waals surface area contributed by atoms with Gasteiger partial charge in [0.05, 0.1) is 13.2 Å². The molecule has 1 fully saturated rings. The number of ether oxygens (including phenoxy) is 3. The predicted octanol–water partition coefficient (Wildman–Crippen LogP) is 3.12. The molecule has 0 aliphatic carbocycles. The van der Waals surface area contributed by atoms with E-state index in [2.05, 4.69) is 15.2 Å². The van der Waals surface area contributed by atoms with Gasteiger partial charge in [-0.2, -0.15) is 0 Å². The highest BCUT2D eigenvalue weighted by Gasteiger charge is 2.33. The van der Waals surface area contributed by atoms with Gasteiger partial charge in [0.1, 0.15) is 11.5 Å². The summed E-state index contributed by atoms with van der Waals surface area (Å²) >= 11 is 0. The summed E-state index contributed by atoms with van der Waals surface area (Å²) in [7, 11) is 1.58. The van der Waals surface area contributed by atoms with Crippen LogP contribution in [0.3, 0.4) is 0 Å². The average Bonchev–Trinajstić information content (AvgIpc) is 3.49. The number of carbonyl (C=O) groups is 1. The first-order valence-corrected chi connectivity index (χ1v) is 10.8. The fraction of sp³-hybridized carbons (Fsp3) is 0.280. The summed E-state index contributed by atoms with van der Waals surface area (Å²) in [5, 5.41) is 14.0. The van der Waals surface area contributed by atoms with E-state index in [1.165, 1.54) is 0 Å². The third-order valence-electron chi connectivity index (χ3n) is 6.09. The number of likely N-dealkylation sites (tertiary alicyclic amines) is 1. The van der Waals surface area contributed by atoms with Crippen LogP contribution in [0.4, 0.5) is 0 Å². The largest absolute Gasteiger partial charge is 0.507 e. The molecule has 1 saturated heterocycles. The molecule has 3 heterocycles. The van der Waals surface area contributed by atoms with Crippen molar-refractivity contribution in [3.63, 3.8) is 0 Å². The van der Waals surface area contributed by atoms with Crippen molar-refractivity contribution in [3.05, 3.63) is 77.6 Å². The molecule has 0 saturated carbocycles. The number of carbonyl (C=O) groups excluding carboxylic acids is 1. The average molecular weight is 447 g/mol. The number of fused-ring (bicyclic) bond motifs is 1. The molecule has 2 aliphatic heterocycles. The van der Waals surface area contributed by atoms with Gasteiger partial charge in [0.25, 0.3) is 5.91 Å². The lowest BCUT2D eigenvalue weighted by Crippen LogP contribution is -2.38. The van der Waals surface area contributed by atoms with Crippen molar-refractivity contribution in [2.45, 2.75) is 18.5 Å². The smallest absolute Gasteiger partial charge is 0.251 e. The van der Waals surface area contributed by atoms with Crippen LogP contribution in [0.2, 0.25) is 0 Å². The normalized spacial score (nSPS) is 18.2. The summed E-state index contributed by atoms with van der Waals surface area (Å²) in [5.41, 5.74) is 2.29. The Kier molecular flexibility index (Phi) is 5.75. The van der Waals surface area contributed by atoms with Crippen LogP contribution in [0, 0.1) is 0 Å². The number of aromatic hydroxyl groups is 1. The van der Waals surface area contributed by atoms with Crippen LogP contribution in [-0.2, 0) is 0 Å². The van der Waals surface area contributed by atoms with Crippen molar-refractivity contribution in [2.75, 3.05) is 27.0 Å². The van der Waals surface area contributed by atoms with Crippen LogP contribution < -0.4 is 19.5 Å². The van der Waals surface area contributed by atoms with E-state index >= 15 is 0 Å². The zero-order valence-electron chi connectivity index (χ0n) is 18.2. The highest BCUT2D eigenvalue weighted by atomic mass is 16.7. The van der Waals surface area contributed by atoms with E-state index in [0.29, 0.717) is 29.4 Å². The second kappa shape index (κ2) is 8.99. The lowest BCUT2D eigenvalue weighted by Gasteiger charge is -2.29. The Morgan fingerprint density at radius 3 is 2.76 bits per heavy atom. The van der Waals surface area contributed by atoms with Crippen molar-refractivity contribution in [1.82, 2.24) is 15.2 Å². The Hall–Kier alpha value is -3.78. The van der Waals surface area contributed by atoms with Gasteiger partial charge in [-0.3, -0.25) is 14.7 Å². The van der Waals surface area contributed by atoms with Crippen LogP contribution in [0.5, 0.6) is 23.0 Å². The molecular formula is C25H25N3O5. The van der Waals surface area contributed by atoms with Crippen LogP contribution in [0.15, 0.2) is 60.9 Å². The number of nitrogens with one attached hydrogen (secondary N) is 1. The number of hydrogen-bond acceptors (Lipinski definition) is 7. The number of aromatic nitrogens is 1. The molecule has 33 heavy (non-hydrogen) atoms. The first-order valence-electron chi connectivity index (χ1n) is 10.8. The van der Waals surface area contributed by atoms with E-state index in [4.69, 9.17) is 14.2 Å². The Balaban J connectivity index is 1.38. The zero-order chi connectivity index (χ0) is 22.8. The first-order chi connectivity index (χ1) is 16.1. The van der Waals surface area contributed by atoms with Crippen molar-refractivity contribution in [1.29, 1.82) is 0 Å². The zero-order valence-corrected chi connectivity index (χ0v) is 18.2. The van der Waals surface area contributed by atoms with Gasteiger partial charge in [-0.25, -0.2) is 0 Å². The molecule has 2 aromatic carbocycles. The van der Waals surface area contributed by atoms with Gasteiger partial charge >= 0.3 is 0 Å². The summed E-state index contributed by atoms with van der Waals surface area (Å²) in [4.78, 5) is 19.2. The third-order valence-corrected chi connectivity index (χ3v) is 6.09. The molecule has 8 nitrogen and oxygen atoms in total. The maximum Gasteiger partial charge on any atom is 0.251 e. The molecule has 170 valence electrons. The topological polar surface area (TPSA) is 93.2 Å². The molecule has 1 amide bonds. The quantitative estimate of drug-likeness (QED) is 0.600. The van der Waals surface area contributed by atoms with Gasteiger partial charge in [0.15, 0.2) is 11.5 Å². The maximum absolute atomic E-state index is 12.8. The van der Waals surface area contributed by atoms with E-state index < -0.39 is 0 Å². The molecule has 5 rings (SSSR count). The Bertz CT molecular complexity index is 1150. The molecule has 2 aliphatic rings. The lowest BCUT2D eigenvalue weighted by atomic mass is 9.96. The Labute approximate surface area is 191 Å². The van der Waals surface area contributed by atoms with Gasteiger partial charge in [-0.05, 0) is 48.4 Å². The van der Waals surface area contributed by atoms with E-state index in [0.717, 1.165) is 24.1 Å². The molecule has 3 aromatic rings.